The Morgan fingerprint density at radius 1 is 0.838 bits per heavy atom. The lowest BCUT2D eigenvalue weighted by atomic mass is 9.82. The van der Waals surface area contributed by atoms with Gasteiger partial charge in [-0.25, -0.2) is 28.9 Å². The molecular formula is C54H65FN10O8S. The maximum atomic E-state index is 17.0. The standard InChI is InChI=1S/C54H65FN10O8S/c1-28(2)19-43-56-27-42(74-43)51-65-37-14-13-30(35-25-57-47(59-35)39-12-10-17-64(39)50(67)46(62-53(69)71-8)31-15-18-72-54(5,6)24-31)20-33(37)22-40(65)44-34(55)21-32(23-41(44)73-51)36-26-58-48(60-36)38-11-9-16-63(38)49(66)45(29(3)4)61-52(68)70-7/h13-14,20-23,25-29,31,38-39,45-46,51H,9-12,15-19,24H2,1-8H3,(H,57,59)(H,58,60)(H,61,68)(H,62,69)/t31?,38-,39-,45-,46?,51?/m0/s1. The molecule has 2 aromatic carbocycles. The Bertz CT molecular complexity index is 3090. The van der Waals surface area contributed by atoms with Gasteiger partial charge < -0.3 is 49.3 Å². The minimum Gasteiger partial charge on any atom is -0.464 e. The summed E-state index contributed by atoms with van der Waals surface area (Å²) in [6, 6.07) is 9.12. The number of hydrogen-bond donors (Lipinski definition) is 4. The van der Waals surface area contributed by atoms with Gasteiger partial charge in [0.2, 0.25) is 18.0 Å². The molecule has 4 amide bonds. The lowest BCUT2D eigenvalue weighted by Crippen LogP contribution is -2.54. The number of aromatic amines is 2. The molecule has 4 N–H and O–H groups in total. The minimum absolute atomic E-state index is 0.134. The van der Waals surface area contributed by atoms with E-state index in [2.05, 4.69) is 40.5 Å². The average Bonchev–Trinajstić information content (AvgIpc) is 4.24. The van der Waals surface area contributed by atoms with Crippen LogP contribution in [0.3, 0.4) is 0 Å². The zero-order chi connectivity index (χ0) is 52.2. The summed E-state index contributed by atoms with van der Waals surface area (Å²) in [7, 11) is 2.57. The molecule has 4 aliphatic heterocycles. The number of aromatic nitrogens is 6. The fraction of sp³-hybridized carbons (Fsp3) is 0.500. The number of benzene rings is 2. The highest BCUT2D eigenvalue weighted by molar-refractivity contribution is 7.11. The molecule has 20 heteroatoms. The van der Waals surface area contributed by atoms with Crippen molar-refractivity contribution in [1.29, 1.82) is 0 Å². The normalized spacial score (nSPS) is 21.1. The Morgan fingerprint density at radius 2 is 1.50 bits per heavy atom. The van der Waals surface area contributed by atoms with E-state index in [9.17, 15) is 19.2 Å². The molecule has 3 unspecified atom stereocenters. The molecule has 3 saturated heterocycles. The van der Waals surface area contributed by atoms with E-state index in [1.807, 2.05) is 67.6 Å². The number of methoxy groups -OCH3 is 2. The van der Waals surface area contributed by atoms with Crippen molar-refractivity contribution >= 4 is 46.2 Å². The van der Waals surface area contributed by atoms with E-state index < -0.39 is 41.9 Å². The third-order valence-electron chi connectivity index (χ3n) is 14.9. The number of alkyl carbamates (subject to hydrolysis) is 2. The van der Waals surface area contributed by atoms with Crippen LogP contribution < -0.4 is 15.4 Å². The summed E-state index contributed by atoms with van der Waals surface area (Å²) < 4.78 is 41.7. The van der Waals surface area contributed by atoms with Gasteiger partial charge in [-0.2, -0.15) is 0 Å². The van der Waals surface area contributed by atoms with Crippen LogP contribution in [0.2, 0.25) is 0 Å². The molecule has 6 atom stereocenters. The number of nitrogens with zero attached hydrogens (tertiary/aromatic N) is 6. The Kier molecular flexibility index (Phi) is 14.0. The number of hydrogen-bond acceptors (Lipinski definition) is 12. The highest BCUT2D eigenvalue weighted by atomic mass is 32.1. The Labute approximate surface area is 433 Å². The van der Waals surface area contributed by atoms with E-state index in [1.165, 1.54) is 20.3 Å². The fourth-order valence-electron chi connectivity index (χ4n) is 11.3. The van der Waals surface area contributed by atoms with Crippen molar-refractivity contribution in [1.82, 2.24) is 49.9 Å². The Morgan fingerprint density at radius 3 is 2.15 bits per heavy atom. The molecule has 0 radical (unpaired) electrons. The summed E-state index contributed by atoms with van der Waals surface area (Å²) in [5, 5.41) is 7.39. The van der Waals surface area contributed by atoms with Gasteiger partial charge in [0.15, 0.2) is 0 Å². The molecule has 6 aromatic rings. The van der Waals surface area contributed by atoms with Gasteiger partial charge in [0, 0.05) is 48.8 Å². The number of likely N-dealkylation sites (tertiary alicyclic amines) is 2. The molecule has 4 aromatic heterocycles. The zero-order valence-electron chi connectivity index (χ0n) is 43.1. The maximum Gasteiger partial charge on any atom is 0.407 e. The number of nitrogens with one attached hydrogen (secondary N) is 4. The van der Waals surface area contributed by atoms with Crippen molar-refractivity contribution in [3.63, 3.8) is 0 Å². The molecule has 0 saturated carbocycles. The fourth-order valence-corrected chi connectivity index (χ4v) is 12.4. The quantitative estimate of drug-likeness (QED) is 0.0856. The van der Waals surface area contributed by atoms with Crippen LogP contribution in [0.1, 0.15) is 120 Å². The van der Waals surface area contributed by atoms with Gasteiger partial charge in [-0.3, -0.25) is 14.2 Å². The van der Waals surface area contributed by atoms with E-state index >= 15 is 4.39 Å². The van der Waals surface area contributed by atoms with E-state index in [-0.39, 0.29) is 35.7 Å². The molecule has 4 aliphatic rings. The number of fused-ring (bicyclic) bond motifs is 5. The smallest absolute Gasteiger partial charge is 0.407 e. The van der Waals surface area contributed by atoms with Gasteiger partial charge in [0.05, 0.1) is 82.3 Å². The number of H-pyrrole nitrogens is 2. The van der Waals surface area contributed by atoms with Crippen LogP contribution in [-0.4, -0.2) is 115 Å². The summed E-state index contributed by atoms with van der Waals surface area (Å²) in [5.74, 6) is 0.791. The van der Waals surface area contributed by atoms with E-state index in [1.54, 1.807) is 28.6 Å². The van der Waals surface area contributed by atoms with Crippen LogP contribution in [0.25, 0.3) is 44.7 Å². The van der Waals surface area contributed by atoms with Crippen LogP contribution >= 0.6 is 11.3 Å². The van der Waals surface area contributed by atoms with Crippen LogP contribution in [0.4, 0.5) is 14.0 Å². The first-order chi connectivity index (χ1) is 35.5. The molecule has 74 heavy (non-hydrogen) atoms. The molecular weight excluding hydrogens is 968 g/mol. The second-order valence-corrected chi connectivity index (χ2v) is 22.5. The van der Waals surface area contributed by atoms with Crippen LogP contribution in [-0.2, 0) is 30.2 Å². The van der Waals surface area contributed by atoms with Gasteiger partial charge in [0.1, 0.15) is 35.3 Å². The number of carbonyl (C=O) groups is 4. The lowest BCUT2D eigenvalue weighted by molar-refractivity contribution is -0.139. The number of halogens is 1. The first-order valence-corrected chi connectivity index (χ1v) is 26.5. The SMILES string of the molecule is COC(=O)NC(C(=O)N1CCC[C@H]1c1ncc(-c2ccc3c(c2)cc2n3C(c3cnc(CC(C)C)s3)Oc3cc(-c4cnc([C@@H]5CCCN5C(=O)[C@@H](NC(=O)OC)C(C)C)[nH]4)cc(F)c3-2)[nH]1)C1CCOC(C)(C)C1. The van der Waals surface area contributed by atoms with Gasteiger partial charge in [0.25, 0.3) is 0 Å². The molecule has 392 valence electrons. The van der Waals surface area contributed by atoms with Crippen LogP contribution in [0.5, 0.6) is 5.75 Å². The van der Waals surface area contributed by atoms with Gasteiger partial charge in [-0.15, -0.1) is 11.3 Å². The number of imidazole rings is 2. The monoisotopic (exact) mass is 1030 g/mol. The summed E-state index contributed by atoms with van der Waals surface area (Å²) in [5.41, 5.74) is 4.07. The van der Waals surface area contributed by atoms with Gasteiger partial charge in [-0.1, -0.05) is 33.8 Å². The third-order valence-corrected chi connectivity index (χ3v) is 15.9. The third kappa shape index (κ3) is 9.85. The zero-order valence-corrected chi connectivity index (χ0v) is 43.9. The van der Waals surface area contributed by atoms with Crippen LogP contribution in [0.15, 0.2) is 55.0 Å². The molecule has 0 aliphatic carbocycles. The molecule has 0 spiro atoms. The first kappa shape index (κ1) is 50.7. The average molecular weight is 1030 g/mol. The molecule has 10 rings (SSSR count). The first-order valence-electron chi connectivity index (χ1n) is 25.6. The Hall–Kier alpha value is -6.80. The summed E-state index contributed by atoms with van der Waals surface area (Å²) in [4.78, 5) is 78.8. The van der Waals surface area contributed by atoms with Crippen molar-refractivity contribution in [3.8, 4) is 39.5 Å². The largest absolute Gasteiger partial charge is 0.464 e. The van der Waals surface area contributed by atoms with Crippen molar-refractivity contribution in [3.05, 3.63) is 82.3 Å². The predicted molar refractivity (Wildman–Crippen MR) is 276 cm³/mol. The summed E-state index contributed by atoms with van der Waals surface area (Å²) in [6.07, 6.45) is 8.25. The molecule has 3 fully saturated rings. The van der Waals surface area contributed by atoms with Gasteiger partial charge >= 0.3 is 12.2 Å². The van der Waals surface area contributed by atoms with Crippen LogP contribution in [0, 0.1) is 23.6 Å². The molecule has 18 nitrogen and oxygen atoms in total. The Balaban J connectivity index is 0.956. The van der Waals surface area contributed by atoms with Crippen molar-refractivity contribution < 1.29 is 42.5 Å². The van der Waals surface area contributed by atoms with Crippen molar-refractivity contribution in [2.45, 2.75) is 122 Å². The number of thiazole rings is 1. The molecule has 8 heterocycles. The number of amides is 4. The van der Waals surface area contributed by atoms with Gasteiger partial charge in [-0.05, 0) is 100 Å². The topological polar surface area (TPSA) is 211 Å². The summed E-state index contributed by atoms with van der Waals surface area (Å²) >= 11 is 1.58. The highest BCUT2D eigenvalue weighted by Crippen LogP contribution is 2.48. The minimum atomic E-state index is -0.780. The predicted octanol–water partition coefficient (Wildman–Crippen LogP) is 9.46. The lowest BCUT2D eigenvalue weighted by Gasteiger charge is -2.40. The van der Waals surface area contributed by atoms with E-state index in [0.29, 0.717) is 91.2 Å². The summed E-state index contributed by atoms with van der Waals surface area (Å²) in [6.45, 7) is 13.6. The second-order valence-electron chi connectivity index (χ2n) is 21.3. The number of rotatable bonds is 13. The van der Waals surface area contributed by atoms with Crippen molar-refractivity contribution in [2.75, 3.05) is 33.9 Å². The maximum absolute atomic E-state index is 17.0. The second kappa shape index (κ2) is 20.5. The van der Waals surface area contributed by atoms with E-state index in [0.717, 1.165) is 51.3 Å². The highest BCUT2D eigenvalue weighted by Gasteiger charge is 2.43. The van der Waals surface area contributed by atoms with E-state index in [4.69, 9.17) is 33.9 Å². The van der Waals surface area contributed by atoms with Crippen molar-refractivity contribution in [2.24, 2.45) is 17.8 Å². The number of ether oxygens (including phenoxy) is 4. The molecule has 0 bridgehead atoms. The number of carbonyl (C=O) groups excluding carboxylic acids is 4.